The van der Waals surface area contributed by atoms with Crippen LogP contribution in [0.4, 0.5) is 5.69 Å². The molecule has 0 atom stereocenters. The topological polar surface area (TPSA) is 92.6 Å². The highest BCUT2D eigenvalue weighted by molar-refractivity contribution is 7.89. The van der Waals surface area contributed by atoms with Crippen molar-refractivity contribution in [1.82, 2.24) is 9.62 Å². The van der Waals surface area contributed by atoms with E-state index in [1.807, 2.05) is 0 Å². The number of sulfonamides is 1. The monoisotopic (exact) mass is 299 g/mol. The predicted octanol–water partition coefficient (Wildman–Crippen LogP) is 0.806. The summed E-state index contributed by atoms with van der Waals surface area (Å²) in [6.45, 7) is 5.20. The maximum Gasteiger partial charge on any atom is 0.273 e. The number of benzene rings is 1. The largest absolute Gasteiger partial charge is 0.314 e. The van der Waals surface area contributed by atoms with Gasteiger partial charge in [0.2, 0.25) is 10.0 Å². The lowest BCUT2D eigenvalue weighted by atomic mass is 10.1. The molecule has 0 unspecified atom stereocenters. The summed E-state index contributed by atoms with van der Waals surface area (Å²) in [5.41, 5.74) is 0.836. The fraction of sp³-hybridized carbons (Fsp3) is 0.500. The molecule has 0 radical (unpaired) electrons. The van der Waals surface area contributed by atoms with Crippen LogP contribution in [0.15, 0.2) is 17.0 Å². The molecule has 1 aromatic rings. The molecule has 1 heterocycles. The van der Waals surface area contributed by atoms with Crippen LogP contribution in [0.2, 0.25) is 0 Å². The lowest BCUT2D eigenvalue weighted by molar-refractivity contribution is -0.385. The highest BCUT2D eigenvalue weighted by Crippen LogP contribution is 2.28. The van der Waals surface area contributed by atoms with Crippen molar-refractivity contribution in [1.29, 1.82) is 0 Å². The Hall–Kier alpha value is -1.51. The van der Waals surface area contributed by atoms with E-state index < -0.39 is 14.9 Å². The molecule has 1 aliphatic rings. The number of hydrogen-bond acceptors (Lipinski definition) is 5. The zero-order chi connectivity index (χ0) is 14.9. The summed E-state index contributed by atoms with van der Waals surface area (Å²) in [6, 6.07) is 2.72. The van der Waals surface area contributed by atoms with Gasteiger partial charge in [-0.1, -0.05) is 0 Å². The fourth-order valence-corrected chi connectivity index (χ4v) is 3.99. The first-order valence-electron chi connectivity index (χ1n) is 6.30. The standard InChI is InChI=1S/C12H17N3O4S/c1-9-7-10(2)12(8-11(9)15(16)17)20(18,19)14-5-3-13-4-6-14/h7-8,13H,3-6H2,1-2H3. The van der Waals surface area contributed by atoms with Crippen LogP contribution < -0.4 is 5.32 Å². The molecule has 8 heteroatoms. The van der Waals surface area contributed by atoms with Crippen molar-refractivity contribution in [2.24, 2.45) is 0 Å². The quantitative estimate of drug-likeness (QED) is 0.658. The molecule has 1 fully saturated rings. The summed E-state index contributed by atoms with van der Waals surface area (Å²) < 4.78 is 26.5. The third-order valence-corrected chi connectivity index (χ3v) is 5.42. The van der Waals surface area contributed by atoms with Crippen molar-refractivity contribution in [3.05, 3.63) is 33.4 Å². The van der Waals surface area contributed by atoms with Gasteiger partial charge in [-0.25, -0.2) is 8.42 Å². The maximum atomic E-state index is 12.6. The molecule has 0 aliphatic carbocycles. The van der Waals surface area contributed by atoms with Crippen LogP contribution in [0, 0.1) is 24.0 Å². The van der Waals surface area contributed by atoms with Crippen LogP contribution in [0.1, 0.15) is 11.1 Å². The minimum absolute atomic E-state index is 0.0247. The van der Waals surface area contributed by atoms with E-state index >= 15 is 0 Å². The molecule has 0 saturated carbocycles. The van der Waals surface area contributed by atoms with Gasteiger partial charge >= 0.3 is 0 Å². The molecule has 1 N–H and O–H groups in total. The Bertz CT molecular complexity index is 636. The number of aryl methyl sites for hydroxylation is 2. The summed E-state index contributed by atoms with van der Waals surface area (Å²) >= 11 is 0. The second kappa shape index (κ2) is 5.47. The molecule has 20 heavy (non-hydrogen) atoms. The summed E-state index contributed by atoms with van der Waals surface area (Å²) in [5.74, 6) is 0. The van der Waals surface area contributed by atoms with E-state index in [0.717, 1.165) is 0 Å². The van der Waals surface area contributed by atoms with Crippen LogP contribution >= 0.6 is 0 Å². The lowest BCUT2D eigenvalue weighted by Crippen LogP contribution is -2.46. The van der Waals surface area contributed by atoms with Crippen molar-refractivity contribution >= 4 is 15.7 Å². The molecular weight excluding hydrogens is 282 g/mol. The van der Waals surface area contributed by atoms with Crippen molar-refractivity contribution in [2.75, 3.05) is 26.2 Å². The SMILES string of the molecule is Cc1cc(C)c(S(=O)(=O)N2CCNCC2)cc1[N+](=O)[O-]. The first-order chi connectivity index (χ1) is 9.34. The lowest BCUT2D eigenvalue weighted by Gasteiger charge is -2.27. The van der Waals surface area contributed by atoms with Gasteiger partial charge in [-0.2, -0.15) is 4.31 Å². The summed E-state index contributed by atoms with van der Waals surface area (Å²) in [6.07, 6.45) is 0. The van der Waals surface area contributed by atoms with Crippen molar-refractivity contribution in [3.63, 3.8) is 0 Å². The van der Waals surface area contributed by atoms with Crippen molar-refractivity contribution in [2.45, 2.75) is 18.7 Å². The van der Waals surface area contributed by atoms with Crippen LogP contribution in [-0.4, -0.2) is 43.8 Å². The molecule has 2 rings (SSSR count). The number of hydrogen-bond donors (Lipinski definition) is 1. The summed E-state index contributed by atoms with van der Waals surface area (Å²) in [5, 5.41) is 14.1. The molecular formula is C12H17N3O4S. The van der Waals surface area contributed by atoms with Crippen LogP contribution in [0.3, 0.4) is 0 Å². The molecule has 110 valence electrons. The van der Waals surface area contributed by atoms with Gasteiger partial charge in [0.25, 0.3) is 5.69 Å². The Morgan fingerprint density at radius 2 is 1.80 bits per heavy atom. The Kier molecular flexibility index (Phi) is 4.07. The Morgan fingerprint density at radius 3 is 2.35 bits per heavy atom. The second-order valence-electron chi connectivity index (χ2n) is 4.82. The molecule has 0 amide bonds. The van der Waals surface area contributed by atoms with Crippen molar-refractivity contribution < 1.29 is 13.3 Å². The third kappa shape index (κ3) is 2.67. The molecule has 1 aromatic carbocycles. The average molecular weight is 299 g/mol. The van der Waals surface area contributed by atoms with E-state index in [1.54, 1.807) is 19.9 Å². The fourth-order valence-electron chi connectivity index (χ4n) is 2.32. The van der Waals surface area contributed by atoms with Gasteiger partial charge in [0, 0.05) is 37.8 Å². The number of nitro groups is 1. The zero-order valence-electron chi connectivity index (χ0n) is 11.4. The molecule has 0 spiro atoms. The number of nitrogens with zero attached hydrogens (tertiary/aromatic N) is 2. The van der Waals surface area contributed by atoms with Gasteiger partial charge < -0.3 is 5.32 Å². The van der Waals surface area contributed by atoms with Crippen LogP contribution in [-0.2, 0) is 10.0 Å². The maximum absolute atomic E-state index is 12.6. The zero-order valence-corrected chi connectivity index (χ0v) is 12.2. The van der Waals surface area contributed by atoms with E-state index in [1.165, 1.54) is 10.4 Å². The molecule has 1 aliphatic heterocycles. The second-order valence-corrected chi connectivity index (χ2v) is 6.72. The van der Waals surface area contributed by atoms with Gasteiger partial charge in [0.15, 0.2) is 0 Å². The van der Waals surface area contributed by atoms with Crippen molar-refractivity contribution in [3.8, 4) is 0 Å². The van der Waals surface area contributed by atoms with E-state index in [-0.39, 0.29) is 10.6 Å². The first-order valence-corrected chi connectivity index (χ1v) is 7.74. The van der Waals surface area contributed by atoms with Crippen LogP contribution in [0.5, 0.6) is 0 Å². The van der Waals surface area contributed by atoms with E-state index in [2.05, 4.69) is 5.32 Å². The smallest absolute Gasteiger partial charge is 0.273 e. The predicted molar refractivity (Wildman–Crippen MR) is 74.2 cm³/mol. The Balaban J connectivity index is 2.50. The first kappa shape index (κ1) is 14.9. The highest BCUT2D eigenvalue weighted by Gasteiger charge is 2.29. The van der Waals surface area contributed by atoms with Gasteiger partial charge in [-0.05, 0) is 25.5 Å². The molecule has 7 nitrogen and oxygen atoms in total. The van der Waals surface area contributed by atoms with Gasteiger partial charge in [0.05, 0.1) is 9.82 Å². The van der Waals surface area contributed by atoms with Gasteiger partial charge in [-0.15, -0.1) is 0 Å². The molecule has 0 bridgehead atoms. The molecule has 0 aromatic heterocycles. The number of nitrogens with one attached hydrogen (secondary N) is 1. The Morgan fingerprint density at radius 1 is 1.20 bits per heavy atom. The number of rotatable bonds is 3. The van der Waals surface area contributed by atoms with E-state index in [9.17, 15) is 18.5 Å². The Labute approximate surface area is 117 Å². The highest BCUT2D eigenvalue weighted by atomic mass is 32.2. The number of nitro benzene ring substituents is 1. The van der Waals surface area contributed by atoms with E-state index in [4.69, 9.17) is 0 Å². The minimum atomic E-state index is -3.68. The summed E-state index contributed by atoms with van der Waals surface area (Å²) in [7, 11) is -3.68. The minimum Gasteiger partial charge on any atom is -0.314 e. The molecule has 1 saturated heterocycles. The normalized spacial score (nSPS) is 17.1. The van der Waals surface area contributed by atoms with Gasteiger partial charge in [0.1, 0.15) is 0 Å². The van der Waals surface area contributed by atoms with E-state index in [0.29, 0.717) is 37.3 Å². The van der Waals surface area contributed by atoms with Crippen LogP contribution in [0.25, 0.3) is 0 Å². The van der Waals surface area contributed by atoms with Gasteiger partial charge in [-0.3, -0.25) is 10.1 Å². The number of piperazine rings is 1. The summed E-state index contributed by atoms with van der Waals surface area (Å²) in [4.78, 5) is 10.5. The third-order valence-electron chi connectivity index (χ3n) is 3.38. The average Bonchev–Trinajstić information content (AvgIpc) is 2.39.